The summed E-state index contributed by atoms with van der Waals surface area (Å²) in [6.45, 7) is 0. The Balaban J connectivity index is -0.0000000155. The van der Waals surface area contributed by atoms with Gasteiger partial charge in [0.05, 0.1) is 11.9 Å². The summed E-state index contributed by atoms with van der Waals surface area (Å²) in [4.78, 5) is 43.2. The van der Waals surface area contributed by atoms with Gasteiger partial charge in [-0.05, 0) is 0 Å². The number of hydrogen-bond donors (Lipinski definition) is 5. The van der Waals surface area contributed by atoms with E-state index in [1.54, 1.807) is 0 Å². The molecule has 0 atom stereocenters. The van der Waals surface area contributed by atoms with Gasteiger partial charge in [0.2, 0.25) is 0 Å². The first-order chi connectivity index (χ1) is 4.64. The third-order valence-electron chi connectivity index (χ3n) is 0.167. The van der Waals surface area contributed by atoms with Crippen molar-refractivity contribution in [3.8, 4) is 0 Å². The van der Waals surface area contributed by atoms with Gasteiger partial charge >= 0.3 is 0 Å². The van der Waals surface area contributed by atoms with E-state index in [4.69, 9.17) is 34.2 Å². The van der Waals surface area contributed by atoms with Gasteiger partial charge in [0.1, 0.15) is 0 Å². The quantitative estimate of drug-likeness (QED) is 0.162. The van der Waals surface area contributed by atoms with Gasteiger partial charge in [0.25, 0.3) is 0 Å². The molecule has 0 aliphatic heterocycles. The fourth-order valence-electron chi connectivity index (χ4n) is 0. The van der Waals surface area contributed by atoms with Crippen LogP contribution in [0.1, 0.15) is 0 Å². The number of carboxylic acids is 2. The Bertz CT molecular complexity index is 145. The molecule has 0 aromatic carbocycles. The number of carbonyl (C=O) groups is 2. The van der Waals surface area contributed by atoms with Crippen molar-refractivity contribution in [1.82, 2.24) is 30.8 Å². The monoisotopic (exact) mass is 273 g/mol. The van der Waals surface area contributed by atoms with Crippen LogP contribution in [-0.2, 0) is 9.59 Å². The summed E-state index contributed by atoms with van der Waals surface area (Å²) in [5.74, 6) is -4.37. The molecule has 16 heavy (non-hydrogen) atoms. The fourth-order valence-corrected chi connectivity index (χ4v) is 0. The maximum absolute atomic E-state index is 10.2. The molecule has 106 valence electrons. The van der Waals surface area contributed by atoms with E-state index in [1.807, 2.05) is 0 Å². The van der Waals surface area contributed by atoms with E-state index in [1.165, 1.54) is 0 Å². The largest absolute Gasteiger partial charge is 0.857 e. The number of quaternary nitrogens is 5. The van der Waals surface area contributed by atoms with Crippen LogP contribution < -0.4 is 55.4 Å². The Morgan fingerprint density at radius 3 is 0.812 bits per heavy atom. The number of carboxylic acid groups (broad SMARTS) is 2. The van der Waals surface area contributed by atoms with Crippen molar-refractivity contribution < 1.29 is 38.3 Å². The second-order valence-electron chi connectivity index (χ2n) is 1.06. The molecule has 0 saturated carbocycles. The summed E-state index contributed by atoms with van der Waals surface area (Å²) in [5, 5.41) is 17.9. The highest BCUT2D eigenvalue weighted by Crippen LogP contribution is 1.57. The van der Waals surface area contributed by atoms with Crippen LogP contribution in [0.3, 0.4) is 0 Å². The van der Waals surface area contributed by atoms with E-state index < -0.39 is 21.1 Å². The molecule has 0 aliphatic carbocycles. The molecular formula is C2H20FN5O7Si. The molecule has 0 saturated heterocycles. The van der Waals surface area contributed by atoms with Crippen LogP contribution >= 0.6 is 0 Å². The minimum absolute atomic E-state index is 0. The molecule has 0 aliphatic rings. The van der Waals surface area contributed by atoms with Crippen molar-refractivity contribution in [3.05, 3.63) is 0 Å². The SMILES string of the molecule is O=C([O-])C(=O)[O-].[NH4+].[NH4+].[NH4+].[NH4+].[NH4+].[O-][Si]([O-])([O-])F. The van der Waals surface area contributed by atoms with Crippen molar-refractivity contribution in [2.45, 2.75) is 0 Å². The minimum Gasteiger partial charge on any atom is -0.857 e. The first-order valence-electron chi connectivity index (χ1n) is 1.87. The van der Waals surface area contributed by atoms with E-state index in [2.05, 4.69) is 0 Å². The van der Waals surface area contributed by atoms with Crippen LogP contribution in [-0.4, -0.2) is 21.1 Å². The molecule has 14 heteroatoms. The second kappa shape index (κ2) is 19.4. The van der Waals surface area contributed by atoms with Crippen LogP contribution in [0.25, 0.3) is 0 Å². The topological polar surface area (TPSA) is 332 Å². The Morgan fingerprint density at radius 2 is 0.812 bits per heavy atom. The average Bonchev–Trinajstić information content (AvgIpc) is 1.59. The van der Waals surface area contributed by atoms with Crippen LogP contribution in [0, 0.1) is 0 Å². The summed E-state index contributed by atoms with van der Waals surface area (Å²) >= 11 is 0. The molecule has 12 nitrogen and oxygen atoms in total. The predicted octanol–water partition coefficient (Wildman–Crippen LogP) is -5.16. The lowest BCUT2D eigenvalue weighted by Crippen LogP contribution is -2.69. The van der Waals surface area contributed by atoms with Crippen molar-refractivity contribution >= 4 is 21.1 Å². The van der Waals surface area contributed by atoms with Crippen LogP contribution in [0.4, 0.5) is 4.11 Å². The van der Waals surface area contributed by atoms with Gasteiger partial charge in [0, 0.05) is 0 Å². The van der Waals surface area contributed by atoms with E-state index in [9.17, 15) is 4.11 Å². The first kappa shape index (κ1) is 46.4. The first-order valence-corrected chi connectivity index (χ1v) is 3.47. The fraction of sp³-hybridized carbons (Fsp3) is 0. The lowest BCUT2D eigenvalue weighted by Gasteiger charge is -2.44. The standard InChI is InChI=1S/C2H2O4.FO3Si.5H3N/c3-1(4)2(5)6;1-5(2,3)4;;;;;/h(H,3,4)(H,5,6);;5*1H3/q;-3;;;;;/p+3. The number of hydrogen-bond acceptors (Lipinski definition) is 7. The van der Waals surface area contributed by atoms with Crippen molar-refractivity contribution in [3.63, 3.8) is 0 Å². The molecule has 0 fully saturated rings. The number of carbonyl (C=O) groups excluding carboxylic acids is 2. The molecule has 0 aromatic heterocycles. The molecule has 0 bridgehead atoms. The minimum atomic E-state index is -5.86. The van der Waals surface area contributed by atoms with Crippen molar-refractivity contribution in [2.24, 2.45) is 0 Å². The van der Waals surface area contributed by atoms with Gasteiger partial charge in [-0.1, -0.05) is 9.14 Å². The summed E-state index contributed by atoms with van der Waals surface area (Å²) in [5.41, 5.74) is 0. The van der Waals surface area contributed by atoms with Crippen LogP contribution in [0.2, 0.25) is 0 Å². The molecular weight excluding hydrogens is 253 g/mol. The Morgan fingerprint density at radius 1 is 0.750 bits per heavy atom. The van der Waals surface area contributed by atoms with E-state index in [0.29, 0.717) is 0 Å². The Hall–Kier alpha value is -1.23. The molecule has 0 rings (SSSR count). The number of aliphatic carboxylic acids is 2. The van der Waals surface area contributed by atoms with Gasteiger partial charge < -0.3 is 69.0 Å². The van der Waals surface area contributed by atoms with Gasteiger partial charge in [-0.25, -0.2) is 0 Å². The zero-order valence-corrected chi connectivity index (χ0v) is 10.7. The zero-order chi connectivity index (χ0) is 9.65. The summed E-state index contributed by atoms with van der Waals surface area (Å²) in [6.07, 6.45) is 0. The van der Waals surface area contributed by atoms with Gasteiger partial charge in [-0.15, -0.1) is 0 Å². The van der Waals surface area contributed by atoms with Gasteiger partial charge in [0.15, 0.2) is 0 Å². The highest BCUT2D eigenvalue weighted by Gasteiger charge is 1.75. The number of halogens is 1. The Kier molecular flexibility index (Phi) is 56.1. The lowest BCUT2D eigenvalue weighted by atomic mass is 10.7. The van der Waals surface area contributed by atoms with E-state index in [0.717, 1.165) is 0 Å². The predicted molar refractivity (Wildman–Crippen MR) is 46.8 cm³/mol. The zero-order valence-electron chi connectivity index (χ0n) is 9.74. The number of rotatable bonds is 0. The summed E-state index contributed by atoms with van der Waals surface area (Å²) < 4.78 is 10.2. The molecule has 0 radical (unpaired) electrons. The highest BCUT2D eigenvalue weighted by atomic mass is 28.4. The maximum Gasteiger partial charge on any atom is 0.0870 e. The van der Waals surface area contributed by atoms with E-state index in [-0.39, 0.29) is 30.8 Å². The second-order valence-corrected chi connectivity index (χ2v) is 2.02. The molecule has 20 N–H and O–H groups in total. The smallest absolute Gasteiger partial charge is 0.0870 e. The Labute approximate surface area is 91.2 Å². The van der Waals surface area contributed by atoms with E-state index >= 15 is 0 Å². The molecule has 0 spiro atoms. The normalized spacial score (nSPS) is 6.50. The molecule has 0 heterocycles. The van der Waals surface area contributed by atoms with Crippen molar-refractivity contribution in [2.75, 3.05) is 0 Å². The maximum atomic E-state index is 10.2. The van der Waals surface area contributed by atoms with Gasteiger partial charge in [-0.3, -0.25) is 0 Å². The highest BCUT2D eigenvalue weighted by molar-refractivity contribution is 6.41. The summed E-state index contributed by atoms with van der Waals surface area (Å²) in [7, 11) is -5.86. The van der Waals surface area contributed by atoms with Crippen LogP contribution in [0.5, 0.6) is 0 Å². The molecule has 0 aromatic rings. The summed E-state index contributed by atoms with van der Waals surface area (Å²) in [6, 6.07) is 0. The molecule has 0 unspecified atom stereocenters. The average molecular weight is 273 g/mol. The third-order valence-corrected chi connectivity index (χ3v) is 0.167. The molecule has 0 amide bonds. The van der Waals surface area contributed by atoms with Crippen LogP contribution in [0.15, 0.2) is 0 Å². The lowest BCUT2D eigenvalue weighted by molar-refractivity contribution is -0.527. The van der Waals surface area contributed by atoms with Gasteiger partial charge in [-0.2, -0.15) is 0 Å². The van der Waals surface area contributed by atoms with Crippen molar-refractivity contribution in [1.29, 1.82) is 0 Å². The third kappa shape index (κ3) is 231.